The Kier molecular flexibility index (Phi) is 10.1. The molecule has 0 saturated heterocycles. The number of nitro benzene ring substituents is 2. The molecule has 0 unspecified atom stereocenters. The predicted octanol–water partition coefficient (Wildman–Crippen LogP) is 7.27. The minimum absolute atomic E-state index is 0.0636. The van der Waals surface area contributed by atoms with Gasteiger partial charge in [-0.15, -0.1) is 0 Å². The molecule has 0 aliphatic rings. The summed E-state index contributed by atoms with van der Waals surface area (Å²) in [5, 5.41) is 34.3. The average molecular weight is 521 g/mol. The largest absolute Gasteiger partial charge is 0.478 e. The van der Waals surface area contributed by atoms with Gasteiger partial charge >= 0.3 is 17.3 Å². The van der Waals surface area contributed by atoms with Crippen molar-refractivity contribution >= 4 is 23.0 Å². The standard InChI is InChI=1S/C29H33N3O6/c1-2-3-4-5-6-13-18-32(21-23-14-9-7-10-15-23,22-24-16-11-8-12-17-24)28-26(30(35)36)19-25(29(33)34)20-27(28)31(37)38/h7-12,14-17,19-20H,2-6,13,18,21-22H2,1H3/p+1. The van der Waals surface area contributed by atoms with Crippen LogP contribution in [-0.4, -0.2) is 27.5 Å². The third kappa shape index (κ3) is 7.23. The molecule has 0 fully saturated rings. The molecule has 0 heterocycles. The van der Waals surface area contributed by atoms with E-state index in [9.17, 15) is 30.1 Å². The van der Waals surface area contributed by atoms with Gasteiger partial charge in [-0.2, -0.15) is 0 Å². The van der Waals surface area contributed by atoms with E-state index in [4.69, 9.17) is 0 Å². The smallest absolute Gasteiger partial charge is 0.337 e. The molecular weight excluding hydrogens is 486 g/mol. The van der Waals surface area contributed by atoms with Crippen LogP contribution in [0.2, 0.25) is 0 Å². The molecule has 0 saturated carbocycles. The van der Waals surface area contributed by atoms with E-state index in [0.29, 0.717) is 13.0 Å². The average Bonchev–Trinajstić information content (AvgIpc) is 2.90. The number of rotatable bonds is 15. The van der Waals surface area contributed by atoms with E-state index >= 15 is 0 Å². The maximum absolute atomic E-state index is 12.4. The highest BCUT2D eigenvalue weighted by Gasteiger charge is 2.45. The highest BCUT2D eigenvalue weighted by Crippen LogP contribution is 2.45. The molecule has 0 amide bonds. The van der Waals surface area contributed by atoms with Gasteiger partial charge < -0.3 is 5.11 Å². The first-order valence-electron chi connectivity index (χ1n) is 12.9. The fourth-order valence-corrected chi connectivity index (χ4v) is 5.04. The van der Waals surface area contributed by atoms with Crippen molar-refractivity contribution in [2.75, 3.05) is 6.54 Å². The van der Waals surface area contributed by atoms with E-state index in [2.05, 4.69) is 6.92 Å². The lowest BCUT2D eigenvalue weighted by molar-refractivity contribution is -0.394. The highest BCUT2D eigenvalue weighted by molar-refractivity contribution is 5.92. The van der Waals surface area contributed by atoms with E-state index in [1.165, 1.54) is 0 Å². The molecule has 9 heteroatoms. The quantitative estimate of drug-likeness (QED) is 0.0972. The number of carboxylic acids is 1. The molecule has 0 spiro atoms. The van der Waals surface area contributed by atoms with Crippen LogP contribution >= 0.6 is 0 Å². The van der Waals surface area contributed by atoms with Crippen LogP contribution in [0.1, 0.15) is 66.9 Å². The number of hydrogen-bond donors (Lipinski definition) is 1. The van der Waals surface area contributed by atoms with Crippen molar-refractivity contribution in [2.45, 2.75) is 58.5 Å². The third-order valence-corrected chi connectivity index (χ3v) is 6.78. The molecule has 0 aliphatic heterocycles. The van der Waals surface area contributed by atoms with Crippen LogP contribution in [0.15, 0.2) is 72.8 Å². The number of benzene rings is 3. The SMILES string of the molecule is CCCCCCCC[N+](Cc1ccccc1)(Cc1ccccc1)c1c([N+](=O)[O-])cc(C(=O)O)cc1[N+](=O)[O-]. The maximum atomic E-state index is 12.4. The molecule has 0 aromatic heterocycles. The molecule has 3 rings (SSSR count). The lowest BCUT2D eigenvalue weighted by Crippen LogP contribution is -2.49. The summed E-state index contributed by atoms with van der Waals surface area (Å²) in [7, 11) is 0. The van der Waals surface area contributed by atoms with Gasteiger partial charge in [-0.3, -0.25) is 24.7 Å². The van der Waals surface area contributed by atoms with Crippen LogP contribution in [0.5, 0.6) is 0 Å². The Balaban J connectivity index is 2.26. The van der Waals surface area contributed by atoms with Gasteiger partial charge in [0, 0.05) is 23.3 Å². The van der Waals surface area contributed by atoms with Gasteiger partial charge in [0.05, 0.1) is 22.0 Å². The summed E-state index contributed by atoms with van der Waals surface area (Å²) in [6, 6.07) is 20.7. The second kappa shape index (κ2) is 13.4. The number of carbonyl (C=O) groups is 1. The Morgan fingerprint density at radius 3 is 1.63 bits per heavy atom. The van der Waals surface area contributed by atoms with Gasteiger partial charge in [0.2, 0.25) is 0 Å². The van der Waals surface area contributed by atoms with Gasteiger partial charge in [-0.1, -0.05) is 93.3 Å². The molecule has 3 aromatic rings. The zero-order valence-electron chi connectivity index (χ0n) is 21.6. The van der Waals surface area contributed by atoms with Gasteiger partial charge in [0.25, 0.3) is 5.69 Å². The number of unbranched alkanes of at least 4 members (excludes halogenated alkanes) is 5. The molecule has 0 aliphatic carbocycles. The van der Waals surface area contributed by atoms with Crippen molar-refractivity contribution in [3.63, 3.8) is 0 Å². The molecule has 38 heavy (non-hydrogen) atoms. The topological polar surface area (TPSA) is 124 Å². The molecule has 9 nitrogen and oxygen atoms in total. The molecule has 0 bridgehead atoms. The normalized spacial score (nSPS) is 11.3. The van der Waals surface area contributed by atoms with Crippen molar-refractivity contribution in [3.05, 3.63) is 110 Å². The first-order chi connectivity index (χ1) is 18.3. The van der Waals surface area contributed by atoms with Crippen molar-refractivity contribution in [1.29, 1.82) is 0 Å². The Hall–Kier alpha value is -4.11. The van der Waals surface area contributed by atoms with Crippen molar-refractivity contribution in [2.24, 2.45) is 0 Å². The van der Waals surface area contributed by atoms with E-state index in [0.717, 1.165) is 55.4 Å². The van der Waals surface area contributed by atoms with Crippen LogP contribution in [0.3, 0.4) is 0 Å². The third-order valence-electron chi connectivity index (χ3n) is 6.78. The fraction of sp³-hybridized carbons (Fsp3) is 0.345. The highest BCUT2D eigenvalue weighted by atomic mass is 16.6. The van der Waals surface area contributed by atoms with Gasteiger partial charge in [0.15, 0.2) is 0 Å². The first-order valence-corrected chi connectivity index (χ1v) is 12.9. The van der Waals surface area contributed by atoms with Gasteiger partial charge in [-0.05, 0) is 12.8 Å². The second-order valence-corrected chi connectivity index (χ2v) is 9.61. The summed E-state index contributed by atoms with van der Waals surface area (Å²) in [4.78, 5) is 35.1. The summed E-state index contributed by atoms with van der Waals surface area (Å²) < 4.78 is -0.0751. The van der Waals surface area contributed by atoms with Crippen molar-refractivity contribution < 1.29 is 19.7 Å². The van der Waals surface area contributed by atoms with Crippen LogP contribution in [0.4, 0.5) is 17.1 Å². The lowest BCUT2D eigenvalue weighted by atomic mass is 10.0. The van der Waals surface area contributed by atoms with Crippen LogP contribution in [0, 0.1) is 20.2 Å². The zero-order chi connectivity index (χ0) is 27.5. The number of carboxylic acid groups (broad SMARTS) is 1. The predicted molar refractivity (Wildman–Crippen MR) is 147 cm³/mol. The van der Waals surface area contributed by atoms with Gasteiger partial charge in [-0.25, -0.2) is 4.79 Å². The minimum atomic E-state index is -1.46. The number of quaternary nitrogens is 1. The number of aromatic carboxylic acids is 1. The zero-order valence-corrected chi connectivity index (χ0v) is 21.6. The number of hydrogen-bond acceptors (Lipinski definition) is 5. The fourth-order valence-electron chi connectivity index (χ4n) is 5.04. The van der Waals surface area contributed by atoms with Crippen LogP contribution in [-0.2, 0) is 13.1 Å². The summed E-state index contributed by atoms with van der Waals surface area (Å²) in [5.41, 5.74) is 0.111. The Morgan fingerprint density at radius 2 is 1.21 bits per heavy atom. The number of nitro groups is 2. The Labute approximate surface area is 222 Å². The summed E-state index contributed by atoms with van der Waals surface area (Å²) >= 11 is 0. The lowest BCUT2D eigenvalue weighted by Gasteiger charge is -2.37. The van der Waals surface area contributed by atoms with E-state index in [1.54, 1.807) is 0 Å². The molecular formula is C29H34N3O6+. The minimum Gasteiger partial charge on any atom is -0.478 e. The van der Waals surface area contributed by atoms with E-state index in [-0.39, 0.29) is 23.3 Å². The molecule has 3 aromatic carbocycles. The Bertz CT molecular complexity index is 1170. The maximum Gasteiger partial charge on any atom is 0.337 e. The second-order valence-electron chi connectivity index (χ2n) is 9.61. The molecule has 0 atom stereocenters. The molecule has 200 valence electrons. The van der Waals surface area contributed by atoms with Crippen LogP contribution in [0.25, 0.3) is 0 Å². The monoisotopic (exact) mass is 520 g/mol. The number of nitrogens with zero attached hydrogens (tertiary/aromatic N) is 3. The van der Waals surface area contributed by atoms with Crippen LogP contribution < -0.4 is 4.48 Å². The summed E-state index contributed by atoms with van der Waals surface area (Å²) in [5.74, 6) is -1.46. The van der Waals surface area contributed by atoms with Gasteiger partial charge in [0.1, 0.15) is 13.1 Å². The van der Waals surface area contributed by atoms with E-state index in [1.807, 2.05) is 60.7 Å². The molecule has 1 N–H and O–H groups in total. The first kappa shape index (κ1) is 28.5. The molecule has 0 radical (unpaired) electrons. The van der Waals surface area contributed by atoms with Crippen molar-refractivity contribution in [3.8, 4) is 0 Å². The Morgan fingerprint density at radius 1 is 0.763 bits per heavy atom. The van der Waals surface area contributed by atoms with E-state index < -0.39 is 32.8 Å². The summed E-state index contributed by atoms with van der Waals surface area (Å²) in [6.45, 7) is 3.11. The van der Waals surface area contributed by atoms with Crippen molar-refractivity contribution in [1.82, 2.24) is 4.48 Å². The summed E-state index contributed by atoms with van der Waals surface area (Å²) in [6.07, 6.45) is 5.92.